The molecule has 1 aliphatic rings. The Bertz CT molecular complexity index is 1130. The van der Waals surface area contributed by atoms with Crippen LogP contribution >= 0.6 is 11.3 Å². The highest BCUT2D eigenvalue weighted by molar-refractivity contribution is 7.16. The van der Waals surface area contributed by atoms with Gasteiger partial charge >= 0.3 is 0 Å². The summed E-state index contributed by atoms with van der Waals surface area (Å²) in [6, 6.07) is 9.49. The smallest absolute Gasteiger partial charge is 0.279 e. The van der Waals surface area contributed by atoms with Crippen LogP contribution in [-0.2, 0) is 6.54 Å². The highest BCUT2D eigenvalue weighted by Gasteiger charge is 2.18. The van der Waals surface area contributed by atoms with Crippen LogP contribution in [0.2, 0.25) is 0 Å². The van der Waals surface area contributed by atoms with Crippen molar-refractivity contribution < 1.29 is 14.3 Å². The third-order valence-electron chi connectivity index (χ3n) is 4.09. The Balaban J connectivity index is 1.87. The van der Waals surface area contributed by atoms with Gasteiger partial charge in [0.15, 0.2) is 16.3 Å². The highest BCUT2D eigenvalue weighted by atomic mass is 32.1. The van der Waals surface area contributed by atoms with E-state index in [4.69, 9.17) is 15.9 Å². The molecule has 0 unspecified atom stereocenters. The minimum atomic E-state index is -0.283. The second-order valence-corrected chi connectivity index (χ2v) is 7.15. The van der Waals surface area contributed by atoms with Gasteiger partial charge < -0.3 is 14.0 Å². The van der Waals surface area contributed by atoms with Crippen molar-refractivity contribution >= 4 is 27.5 Å². The van der Waals surface area contributed by atoms with Crippen molar-refractivity contribution in [1.82, 2.24) is 4.57 Å². The fraction of sp³-hybridized carbons (Fsp3) is 0.200. The van der Waals surface area contributed by atoms with Crippen molar-refractivity contribution in [3.8, 4) is 23.8 Å². The van der Waals surface area contributed by atoms with Crippen LogP contribution in [0.25, 0.3) is 10.2 Å². The van der Waals surface area contributed by atoms with Crippen molar-refractivity contribution in [1.29, 1.82) is 0 Å². The molecular formula is C20H16N2O3S. The number of carbonyl (C=O) groups is 1. The van der Waals surface area contributed by atoms with Crippen LogP contribution in [0.4, 0.5) is 0 Å². The van der Waals surface area contributed by atoms with Gasteiger partial charge in [-0.05, 0) is 26.0 Å². The van der Waals surface area contributed by atoms with Crippen molar-refractivity contribution in [2.24, 2.45) is 4.99 Å². The SMILES string of the molecule is C#CCn1c(=NC(=O)c2cc(C)cc(C)c2)sc2cc3c(cc21)OCO3. The summed E-state index contributed by atoms with van der Waals surface area (Å²) in [4.78, 5) is 17.6. The topological polar surface area (TPSA) is 52.8 Å². The lowest BCUT2D eigenvalue weighted by Crippen LogP contribution is -2.16. The van der Waals surface area contributed by atoms with E-state index in [0.717, 1.165) is 21.3 Å². The number of aromatic nitrogens is 1. The first-order valence-electron chi connectivity index (χ1n) is 8.09. The predicted molar refractivity (Wildman–Crippen MR) is 101 cm³/mol. The molecule has 4 rings (SSSR count). The molecule has 2 heterocycles. The fourth-order valence-corrected chi connectivity index (χ4v) is 4.08. The minimum absolute atomic E-state index is 0.212. The number of terminal acetylenes is 1. The molecule has 0 saturated heterocycles. The summed E-state index contributed by atoms with van der Waals surface area (Å²) in [7, 11) is 0. The van der Waals surface area contributed by atoms with E-state index in [1.807, 2.05) is 48.7 Å². The number of carbonyl (C=O) groups excluding carboxylic acids is 1. The molecule has 1 aromatic heterocycles. The van der Waals surface area contributed by atoms with Gasteiger partial charge in [0.25, 0.3) is 5.91 Å². The van der Waals surface area contributed by atoms with E-state index in [1.54, 1.807) is 0 Å². The van der Waals surface area contributed by atoms with E-state index in [9.17, 15) is 4.79 Å². The number of fused-ring (bicyclic) bond motifs is 2. The number of nitrogens with zero attached hydrogens (tertiary/aromatic N) is 2. The molecule has 0 fully saturated rings. The number of hydrogen-bond acceptors (Lipinski definition) is 4. The van der Waals surface area contributed by atoms with E-state index < -0.39 is 0 Å². The quantitative estimate of drug-likeness (QED) is 0.655. The number of thiazole rings is 1. The third kappa shape index (κ3) is 2.87. The lowest BCUT2D eigenvalue weighted by atomic mass is 10.1. The summed E-state index contributed by atoms with van der Waals surface area (Å²) >= 11 is 1.41. The first kappa shape index (κ1) is 16.4. The lowest BCUT2D eigenvalue weighted by molar-refractivity contribution is 0.0997. The first-order chi connectivity index (χ1) is 12.5. The molecule has 0 N–H and O–H groups in total. The summed E-state index contributed by atoms with van der Waals surface area (Å²) in [6.45, 7) is 4.45. The van der Waals surface area contributed by atoms with Crippen LogP contribution < -0.4 is 14.3 Å². The largest absolute Gasteiger partial charge is 0.454 e. The Kier molecular flexibility index (Phi) is 4.02. The van der Waals surface area contributed by atoms with Crippen LogP contribution in [0.3, 0.4) is 0 Å². The van der Waals surface area contributed by atoms with Crippen molar-refractivity contribution in [2.75, 3.05) is 6.79 Å². The van der Waals surface area contributed by atoms with Crippen LogP contribution in [0.1, 0.15) is 21.5 Å². The van der Waals surface area contributed by atoms with Gasteiger partial charge in [0.2, 0.25) is 6.79 Å². The van der Waals surface area contributed by atoms with Crippen LogP contribution in [0, 0.1) is 26.2 Å². The minimum Gasteiger partial charge on any atom is -0.454 e. The molecule has 0 radical (unpaired) electrons. The van der Waals surface area contributed by atoms with Gasteiger partial charge in [0.1, 0.15) is 0 Å². The number of ether oxygens (including phenoxy) is 2. The molecule has 0 saturated carbocycles. The standard InChI is InChI=1S/C20H16N2O3S/c1-4-5-22-15-9-16-17(25-11-24-16)10-18(15)26-20(22)21-19(23)14-7-12(2)6-13(3)8-14/h1,6-10H,5,11H2,2-3H3. The molecule has 1 aliphatic heterocycles. The van der Waals surface area contributed by atoms with Gasteiger partial charge in [-0.25, -0.2) is 0 Å². The molecule has 2 aromatic carbocycles. The van der Waals surface area contributed by atoms with Gasteiger partial charge in [0.05, 0.1) is 16.8 Å². The molecule has 0 spiro atoms. The molecule has 5 nitrogen and oxygen atoms in total. The maximum Gasteiger partial charge on any atom is 0.279 e. The maximum atomic E-state index is 12.7. The number of rotatable bonds is 2. The van der Waals surface area contributed by atoms with Crippen LogP contribution in [0.15, 0.2) is 35.3 Å². The zero-order valence-corrected chi connectivity index (χ0v) is 15.2. The molecule has 0 aliphatic carbocycles. The summed E-state index contributed by atoms with van der Waals surface area (Å²) in [6.07, 6.45) is 5.53. The number of hydrogen-bond donors (Lipinski definition) is 0. The van der Waals surface area contributed by atoms with Crippen molar-refractivity contribution in [3.05, 3.63) is 51.8 Å². The van der Waals surface area contributed by atoms with E-state index >= 15 is 0 Å². The van der Waals surface area contributed by atoms with E-state index in [0.29, 0.717) is 28.4 Å². The van der Waals surface area contributed by atoms with Gasteiger partial charge in [-0.15, -0.1) is 6.42 Å². The average Bonchev–Trinajstić information content (AvgIpc) is 3.17. The third-order valence-corrected chi connectivity index (χ3v) is 5.13. The van der Waals surface area contributed by atoms with Gasteiger partial charge in [-0.2, -0.15) is 4.99 Å². The molecule has 0 atom stereocenters. The molecule has 130 valence electrons. The van der Waals surface area contributed by atoms with E-state index in [-0.39, 0.29) is 12.7 Å². The molecule has 3 aromatic rings. The van der Waals surface area contributed by atoms with Crippen LogP contribution in [0.5, 0.6) is 11.5 Å². The number of amides is 1. The van der Waals surface area contributed by atoms with Crippen LogP contribution in [-0.4, -0.2) is 17.3 Å². The average molecular weight is 364 g/mol. The number of benzene rings is 2. The molecule has 1 amide bonds. The monoisotopic (exact) mass is 364 g/mol. The zero-order valence-electron chi connectivity index (χ0n) is 14.4. The number of aryl methyl sites for hydroxylation is 2. The van der Waals surface area contributed by atoms with E-state index in [1.165, 1.54) is 11.3 Å². The molecule has 26 heavy (non-hydrogen) atoms. The normalized spacial score (nSPS) is 13.2. The van der Waals surface area contributed by atoms with Gasteiger partial charge in [0, 0.05) is 17.7 Å². The Morgan fingerprint density at radius 1 is 1.19 bits per heavy atom. The van der Waals surface area contributed by atoms with Crippen molar-refractivity contribution in [2.45, 2.75) is 20.4 Å². The fourth-order valence-electron chi connectivity index (χ4n) is 3.04. The first-order valence-corrected chi connectivity index (χ1v) is 8.90. The Morgan fingerprint density at radius 2 is 1.88 bits per heavy atom. The summed E-state index contributed by atoms with van der Waals surface area (Å²) in [5.41, 5.74) is 3.51. The second-order valence-electron chi connectivity index (χ2n) is 6.14. The summed E-state index contributed by atoms with van der Waals surface area (Å²) in [5, 5.41) is 0. The Hall–Kier alpha value is -3.04. The lowest BCUT2D eigenvalue weighted by Gasteiger charge is -2.02. The maximum absolute atomic E-state index is 12.7. The molecular weight excluding hydrogens is 348 g/mol. The highest BCUT2D eigenvalue weighted by Crippen LogP contribution is 2.36. The Morgan fingerprint density at radius 3 is 2.58 bits per heavy atom. The zero-order chi connectivity index (χ0) is 18.3. The Labute approximate surface area is 154 Å². The molecule has 6 heteroatoms. The summed E-state index contributed by atoms with van der Waals surface area (Å²) in [5.74, 6) is 3.71. The molecule has 0 bridgehead atoms. The van der Waals surface area contributed by atoms with Crippen molar-refractivity contribution in [3.63, 3.8) is 0 Å². The van der Waals surface area contributed by atoms with Gasteiger partial charge in [-0.3, -0.25) is 4.79 Å². The summed E-state index contributed by atoms with van der Waals surface area (Å²) < 4.78 is 13.7. The van der Waals surface area contributed by atoms with E-state index in [2.05, 4.69) is 10.9 Å². The second kappa shape index (κ2) is 6.36. The predicted octanol–water partition coefficient (Wildman–Crippen LogP) is 3.42. The van der Waals surface area contributed by atoms with Gasteiger partial charge in [-0.1, -0.05) is 34.5 Å².